The average molecular weight is 389 g/mol. The minimum atomic E-state index is -1.90. The van der Waals surface area contributed by atoms with Gasteiger partial charge in [0.1, 0.15) is 5.75 Å². The molecule has 4 heteroatoms. The molecule has 3 rings (SSSR count). The predicted octanol–water partition coefficient (Wildman–Crippen LogP) is 6.17. The van der Waals surface area contributed by atoms with Gasteiger partial charge in [-0.25, -0.2) is 0 Å². The van der Waals surface area contributed by atoms with Gasteiger partial charge >= 0.3 is 5.97 Å². The van der Waals surface area contributed by atoms with Gasteiger partial charge in [-0.05, 0) is 85.3 Å². The summed E-state index contributed by atoms with van der Waals surface area (Å²) in [5.74, 6) is 0.521. The van der Waals surface area contributed by atoms with Crippen LogP contribution in [-0.4, -0.2) is 19.4 Å². The van der Waals surface area contributed by atoms with E-state index in [2.05, 4.69) is 59.0 Å². The quantitative estimate of drug-likeness (QED) is 0.630. The van der Waals surface area contributed by atoms with Crippen molar-refractivity contribution in [1.82, 2.24) is 0 Å². The second kappa shape index (κ2) is 6.37. The van der Waals surface area contributed by atoms with E-state index < -0.39 is 19.7 Å². The summed E-state index contributed by atoms with van der Waals surface area (Å²) >= 11 is 0. The molecule has 1 fully saturated rings. The Morgan fingerprint density at radius 1 is 1.22 bits per heavy atom. The third kappa shape index (κ3) is 3.24. The first-order valence-electron chi connectivity index (χ1n) is 10.4. The van der Waals surface area contributed by atoms with Crippen LogP contribution in [0.15, 0.2) is 18.2 Å². The summed E-state index contributed by atoms with van der Waals surface area (Å²) in [5, 5.41) is 10.1. The molecule has 1 aromatic carbocycles. The van der Waals surface area contributed by atoms with Gasteiger partial charge in [-0.1, -0.05) is 40.2 Å². The molecule has 27 heavy (non-hydrogen) atoms. The van der Waals surface area contributed by atoms with Gasteiger partial charge in [-0.2, -0.15) is 0 Å². The Kier molecular flexibility index (Phi) is 4.82. The lowest BCUT2D eigenvalue weighted by Crippen LogP contribution is -2.52. The van der Waals surface area contributed by atoms with Crippen molar-refractivity contribution in [3.05, 3.63) is 29.3 Å². The molecule has 0 aromatic heterocycles. The zero-order valence-electron chi connectivity index (χ0n) is 18.1. The zero-order valence-corrected chi connectivity index (χ0v) is 19.1. The molecule has 1 saturated carbocycles. The molecule has 0 heterocycles. The molecule has 2 aliphatic rings. The average Bonchev–Trinajstić information content (AvgIpc) is 2.53. The highest BCUT2D eigenvalue weighted by molar-refractivity contribution is 6.74. The van der Waals surface area contributed by atoms with Crippen molar-refractivity contribution in [2.45, 2.75) is 90.3 Å². The molecule has 0 spiro atoms. The summed E-state index contributed by atoms with van der Waals surface area (Å²) in [6, 6.07) is 6.60. The molecule has 0 saturated heterocycles. The maximum atomic E-state index is 12.1. The molecular formula is C23H36O3Si. The Morgan fingerprint density at radius 2 is 1.89 bits per heavy atom. The second-order valence-corrected chi connectivity index (χ2v) is 15.5. The van der Waals surface area contributed by atoms with Gasteiger partial charge in [0.05, 0.1) is 5.41 Å². The van der Waals surface area contributed by atoms with Crippen LogP contribution in [0.3, 0.4) is 0 Å². The van der Waals surface area contributed by atoms with E-state index in [4.69, 9.17) is 4.43 Å². The third-order valence-electron chi connectivity index (χ3n) is 8.00. The first-order valence-corrected chi connectivity index (χ1v) is 13.3. The Balaban J connectivity index is 2.02. The number of hydrogen-bond acceptors (Lipinski definition) is 2. The van der Waals surface area contributed by atoms with Crippen LogP contribution in [-0.2, 0) is 16.6 Å². The van der Waals surface area contributed by atoms with E-state index in [1.165, 1.54) is 11.1 Å². The van der Waals surface area contributed by atoms with Gasteiger partial charge in [-0.15, -0.1) is 0 Å². The molecule has 3 atom stereocenters. The fraction of sp³-hybridized carbons (Fsp3) is 0.696. The van der Waals surface area contributed by atoms with Gasteiger partial charge in [0.2, 0.25) is 8.32 Å². The van der Waals surface area contributed by atoms with Gasteiger partial charge in [0, 0.05) is 0 Å². The van der Waals surface area contributed by atoms with Crippen LogP contribution in [0.25, 0.3) is 0 Å². The van der Waals surface area contributed by atoms with E-state index in [9.17, 15) is 9.90 Å². The molecule has 1 aromatic rings. The fourth-order valence-corrected chi connectivity index (χ4v) is 6.23. The van der Waals surface area contributed by atoms with Crippen molar-refractivity contribution in [1.29, 1.82) is 0 Å². The maximum Gasteiger partial charge on any atom is 0.309 e. The highest BCUT2D eigenvalue weighted by atomic mass is 28.4. The molecule has 0 radical (unpaired) electrons. The van der Waals surface area contributed by atoms with E-state index >= 15 is 0 Å². The summed E-state index contributed by atoms with van der Waals surface area (Å²) in [6.07, 6.45) is 4.77. The topological polar surface area (TPSA) is 46.5 Å². The summed E-state index contributed by atoms with van der Waals surface area (Å²) in [6.45, 7) is 15.6. The van der Waals surface area contributed by atoms with Gasteiger partial charge < -0.3 is 9.53 Å². The Labute approximate surface area is 165 Å². The van der Waals surface area contributed by atoms with Crippen LogP contribution in [0.4, 0.5) is 0 Å². The summed E-state index contributed by atoms with van der Waals surface area (Å²) in [4.78, 5) is 12.1. The van der Waals surface area contributed by atoms with Crippen LogP contribution >= 0.6 is 0 Å². The van der Waals surface area contributed by atoms with Crippen LogP contribution in [0.5, 0.6) is 5.75 Å². The molecule has 2 aliphatic carbocycles. The molecule has 0 aliphatic heterocycles. The van der Waals surface area contributed by atoms with Gasteiger partial charge in [0.25, 0.3) is 0 Å². The first kappa shape index (κ1) is 20.4. The Morgan fingerprint density at radius 3 is 2.48 bits per heavy atom. The number of carboxylic acid groups (broad SMARTS) is 1. The van der Waals surface area contributed by atoms with Gasteiger partial charge in [0.15, 0.2) is 0 Å². The molecular weight excluding hydrogens is 352 g/mol. The van der Waals surface area contributed by atoms with Crippen molar-refractivity contribution >= 4 is 14.3 Å². The number of carboxylic acids is 1. The van der Waals surface area contributed by atoms with E-state index in [0.29, 0.717) is 0 Å². The van der Waals surface area contributed by atoms with Crippen LogP contribution < -0.4 is 4.43 Å². The van der Waals surface area contributed by atoms with Crippen LogP contribution in [0, 0.1) is 11.3 Å². The van der Waals surface area contributed by atoms with Crippen molar-refractivity contribution in [3.63, 3.8) is 0 Å². The maximum absolute atomic E-state index is 12.1. The first-order chi connectivity index (χ1) is 12.3. The fourth-order valence-electron chi connectivity index (χ4n) is 5.21. The van der Waals surface area contributed by atoms with E-state index in [0.717, 1.165) is 37.9 Å². The number of rotatable bonds is 3. The van der Waals surface area contributed by atoms with Crippen LogP contribution in [0.1, 0.15) is 71.4 Å². The number of hydrogen-bond donors (Lipinski definition) is 1. The molecule has 0 amide bonds. The number of carbonyl (C=O) groups is 1. The number of benzene rings is 1. The molecule has 1 N–H and O–H groups in total. The van der Waals surface area contributed by atoms with E-state index in [1.807, 2.05) is 6.92 Å². The number of aryl methyl sites for hydroxylation is 1. The smallest absolute Gasteiger partial charge is 0.309 e. The highest BCUT2D eigenvalue weighted by Gasteiger charge is 2.55. The standard InChI is InChI=1S/C23H36O3Si/c1-21(2,3)27(6,7)26-17-11-9-16-10-12-19-22(4,18(16)15-17)13-8-14-23(19,5)20(24)25/h9,11,15,19H,8,10,12-14H2,1-7H3,(H,24,25)/t19-,22-,23-/m1/s1. The Bertz CT molecular complexity index is 748. The largest absolute Gasteiger partial charge is 0.543 e. The van der Waals surface area contributed by atoms with E-state index in [-0.39, 0.29) is 16.4 Å². The zero-order chi connectivity index (χ0) is 20.3. The lowest BCUT2D eigenvalue weighted by molar-refractivity contribution is -0.157. The van der Waals surface area contributed by atoms with Crippen molar-refractivity contribution < 1.29 is 14.3 Å². The lowest BCUT2D eigenvalue weighted by atomic mass is 9.50. The Hall–Kier alpha value is -1.29. The third-order valence-corrected chi connectivity index (χ3v) is 12.4. The van der Waals surface area contributed by atoms with Crippen molar-refractivity contribution in [2.75, 3.05) is 0 Å². The van der Waals surface area contributed by atoms with Crippen LogP contribution in [0.2, 0.25) is 18.1 Å². The minimum Gasteiger partial charge on any atom is -0.543 e. The number of fused-ring (bicyclic) bond motifs is 3. The van der Waals surface area contributed by atoms with Gasteiger partial charge in [-0.3, -0.25) is 4.79 Å². The minimum absolute atomic E-state index is 0.0776. The summed E-state index contributed by atoms with van der Waals surface area (Å²) in [5.41, 5.74) is 2.01. The highest BCUT2D eigenvalue weighted by Crippen LogP contribution is 2.57. The van der Waals surface area contributed by atoms with E-state index in [1.54, 1.807) is 0 Å². The second-order valence-electron chi connectivity index (χ2n) is 10.8. The monoisotopic (exact) mass is 388 g/mol. The summed E-state index contributed by atoms with van der Waals surface area (Å²) in [7, 11) is -1.90. The van der Waals surface area contributed by atoms with Crippen molar-refractivity contribution in [3.8, 4) is 5.75 Å². The molecule has 0 unspecified atom stereocenters. The molecule has 0 bridgehead atoms. The molecule has 3 nitrogen and oxygen atoms in total. The van der Waals surface area contributed by atoms with Crippen molar-refractivity contribution in [2.24, 2.45) is 11.3 Å². The number of aliphatic carboxylic acids is 1. The normalized spacial score (nSPS) is 31.0. The lowest BCUT2D eigenvalue weighted by Gasteiger charge is -2.53. The summed E-state index contributed by atoms with van der Waals surface area (Å²) < 4.78 is 6.58. The SMILES string of the molecule is CC(C)(C)[Si](C)(C)Oc1ccc2c(c1)[C@@]1(C)CCC[C@@](C)(C(=O)O)[C@@H]1CC2. The predicted molar refractivity (Wildman–Crippen MR) is 113 cm³/mol. The molecule has 150 valence electrons.